The molecule has 0 spiro atoms. The van der Waals surface area contributed by atoms with E-state index in [1.165, 1.54) is 0 Å². The number of aryl methyl sites for hydroxylation is 2. The van der Waals surface area contributed by atoms with Crippen molar-refractivity contribution in [2.45, 2.75) is 45.6 Å². The molecule has 1 unspecified atom stereocenters. The number of benzene rings is 1. The van der Waals surface area contributed by atoms with Crippen LogP contribution in [0.25, 0.3) is 0 Å². The van der Waals surface area contributed by atoms with Gasteiger partial charge >= 0.3 is 0 Å². The van der Waals surface area contributed by atoms with Crippen molar-refractivity contribution in [3.63, 3.8) is 0 Å². The summed E-state index contributed by atoms with van der Waals surface area (Å²) in [7, 11) is 0. The summed E-state index contributed by atoms with van der Waals surface area (Å²) in [6, 6.07) is 5.54. The van der Waals surface area contributed by atoms with Crippen molar-refractivity contribution in [3.05, 3.63) is 45.3 Å². The van der Waals surface area contributed by atoms with E-state index in [4.69, 9.17) is 37.2 Å². The number of halogens is 2. The Kier molecular flexibility index (Phi) is 6.43. The molecule has 0 fully saturated rings. The highest BCUT2D eigenvalue weighted by atomic mass is 35.5. The van der Waals surface area contributed by atoms with Crippen LogP contribution in [-0.2, 0) is 11.2 Å². The van der Waals surface area contributed by atoms with Crippen LogP contribution in [0.5, 0.6) is 5.75 Å². The fourth-order valence-corrected chi connectivity index (χ4v) is 3.34. The molecule has 0 aliphatic carbocycles. The van der Waals surface area contributed by atoms with Crippen LogP contribution in [0, 0.1) is 6.92 Å². The van der Waals surface area contributed by atoms with Gasteiger partial charge in [0.1, 0.15) is 11.9 Å². The van der Waals surface area contributed by atoms with E-state index < -0.39 is 0 Å². The number of rotatable bonds is 8. The van der Waals surface area contributed by atoms with Gasteiger partial charge in [-0.15, -0.1) is 0 Å². The van der Waals surface area contributed by atoms with Crippen LogP contribution >= 0.6 is 23.2 Å². The first-order valence-corrected chi connectivity index (χ1v) is 9.54. The highest BCUT2D eigenvalue weighted by Gasteiger charge is 2.19. The van der Waals surface area contributed by atoms with Gasteiger partial charge in [0.15, 0.2) is 5.75 Å². The summed E-state index contributed by atoms with van der Waals surface area (Å²) >= 11 is 12.7. The molecule has 0 bridgehead atoms. The number of nitrogens with zero attached hydrogens (tertiary/aromatic N) is 2. The number of unbranched alkanes of at least 4 members (excludes halogenated alkanes) is 2. The molecule has 0 amide bonds. The average molecular weight is 397 g/mol. The molecule has 140 valence electrons. The van der Waals surface area contributed by atoms with Gasteiger partial charge in [0.05, 0.1) is 28.9 Å². The molecule has 1 aromatic heterocycles. The summed E-state index contributed by atoms with van der Waals surface area (Å²) in [6.07, 6.45) is 3.93. The third-order valence-corrected chi connectivity index (χ3v) is 4.60. The van der Waals surface area contributed by atoms with Crippen molar-refractivity contribution in [1.82, 2.24) is 5.16 Å². The molecule has 7 heteroatoms. The van der Waals surface area contributed by atoms with Gasteiger partial charge in [-0.05, 0) is 45.2 Å². The standard InChI is InChI=1S/C19H22Cl2N2O3/c1-12-8-15(26-23-12)6-4-3-5-7-24-18-16(20)9-14(10-17(18)21)19-22-11-13(2)25-19/h8-10,13H,3-7,11H2,1-2H3. The van der Waals surface area contributed by atoms with Crippen LogP contribution in [0.1, 0.15) is 43.2 Å². The number of aromatic nitrogens is 1. The van der Waals surface area contributed by atoms with Crippen molar-refractivity contribution in [3.8, 4) is 5.75 Å². The van der Waals surface area contributed by atoms with Crippen LogP contribution < -0.4 is 4.74 Å². The van der Waals surface area contributed by atoms with Crippen LogP contribution in [0.4, 0.5) is 0 Å². The smallest absolute Gasteiger partial charge is 0.216 e. The third-order valence-electron chi connectivity index (χ3n) is 4.04. The van der Waals surface area contributed by atoms with Gasteiger partial charge in [0.25, 0.3) is 0 Å². The van der Waals surface area contributed by atoms with Crippen molar-refractivity contribution in [1.29, 1.82) is 0 Å². The van der Waals surface area contributed by atoms with E-state index in [2.05, 4.69) is 10.1 Å². The Bertz CT molecular complexity index is 766. The maximum atomic E-state index is 6.33. The lowest BCUT2D eigenvalue weighted by atomic mass is 10.1. The molecule has 26 heavy (non-hydrogen) atoms. The minimum atomic E-state index is 0.0827. The molecule has 0 radical (unpaired) electrons. The zero-order chi connectivity index (χ0) is 18.5. The second-order valence-corrected chi connectivity index (χ2v) is 7.25. The van der Waals surface area contributed by atoms with Gasteiger partial charge in [-0.1, -0.05) is 28.4 Å². The van der Waals surface area contributed by atoms with Gasteiger partial charge in [0, 0.05) is 18.1 Å². The molecule has 1 aliphatic heterocycles. The number of aliphatic imine (C=N–C) groups is 1. The first-order chi connectivity index (χ1) is 12.5. The van der Waals surface area contributed by atoms with E-state index in [-0.39, 0.29) is 6.10 Å². The monoisotopic (exact) mass is 396 g/mol. The topological polar surface area (TPSA) is 56.9 Å². The zero-order valence-electron chi connectivity index (χ0n) is 14.9. The van der Waals surface area contributed by atoms with E-state index in [0.717, 1.165) is 42.7 Å². The van der Waals surface area contributed by atoms with Gasteiger partial charge in [0.2, 0.25) is 5.90 Å². The van der Waals surface area contributed by atoms with Gasteiger partial charge < -0.3 is 14.0 Å². The molecule has 3 rings (SSSR count). The maximum Gasteiger partial charge on any atom is 0.216 e. The van der Waals surface area contributed by atoms with E-state index in [1.54, 1.807) is 12.1 Å². The lowest BCUT2D eigenvalue weighted by Crippen LogP contribution is -2.09. The quantitative estimate of drug-likeness (QED) is 0.571. The fourth-order valence-electron chi connectivity index (χ4n) is 2.74. The molecule has 0 saturated carbocycles. The number of hydrogen-bond donors (Lipinski definition) is 0. The largest absolute Gasteiger partial charge is 0.490 e. The molecule has 5 nitrogen and oxygen atoms in total. The van der Waals surface area contributed by atoms with Gasteiger partial charge in [-0.2, -0.15) is 0 Å². The van der Waals surface area contributed by atoms with Crippen LogP contribution in [0.2, 0.25) is 10.0 Å². The minimum Gasteiger partial charge on any atom is -0.490 e. The molecule has 2 heterocycles. The van der Waals surface area contributed by atoms with E-state index in [0.29, 0.717) is 34.8 Å². The Morgan fingerprint density at radius 3 is 2.54 bits per heavy atom. The van der Waals surface area contributed by atoms with Crippen molar-refractivity contribution >= 4 is 29.1 Å². The second kappa shape index (κ2) is 8.78. The average Bonchev–Trinajstić information content (AvgIpc) is 3.21. The molecular weight excluding hydrogens is 375 g/mol. The van der Waals surface area contributed by atoms with Crippen LogP contribution in [-0.4, -0.2) is 30.3 Å². The van der Waals surface area contributed by atoms with Crippen molar-refractivity contribution < 1.29 is 14.0 Å². The zero-order valence-corrected chi connectivity index (χ0v) is 16.4. The molecule has 1 aliphatic rings. The summed E-state index contributed by atoms with van der Waals surface area (Å²) < 4.78 is 16.6. The highest BCUT2D eigenvalue weighted by Crippen LogP contribution is 2.35. The van der Waals surface area contributed by atoms with Gasteiger partial charge in [-0.25, -0.2) is 4.99 Å². The molecule has 1 atom stereocenters. The first kappa shape index (κ1) is 19.1. The summed E-state index contributed by atoms with van der Waals surface area (Å²) in [6.45, 7) is 5.10. The highest BCUT2D eigenvalue weighted by molar-refractivity contribution is 6.37. The van der Waals surface area contributed by atoms with E-state index in [9.17, 15) is 0 Å². The third kappa shape index (κ3) is 4.92. The Labute approximate surface area is 163 Å². The second-order valence-electron chi connectivity index (χ2n) is 6.44. The normalized spacial score (nSPS) is 16.5. The van der Waals surface area contributed by atoms with E-state index >= 15 is 0 Å². The van der Waals surface area contributed by atoms with Gasteiger partial charge in [-0.3, -0.25) is 0 Å². The van der Waals surface area contributed by atoms with Crippen molar-refractivity contribution in [2.75, 3.05) is 13.2 Å². The number of ether oxygens (including phenoxy) is 2. The Balaban J connectivity index is 1.46. The van der Waals surface area contributed by atoms with Crippen LogP contribution in [0.15, 0.2) is 27.7 Å². The maximum absolute atomic E-state index is 6.33. The predicted octanol–water partition coefficient (Wildman–Crippen LogP) is 5.25. The van der Waals surface area contributed by atoms with Crippen molar-refractivity contribution in [2.24, 2.45) is 4.99 Å². The molecule has 2 aromatic rings. The summed E-state index contributed by atoms with van der Waals surface area (Å²) in [5.41, 5.74) is 1.69. The minimum absolute atomic E-state index is 0.0827. The summed E-state index contributed by atoms with van der Waals surface area (Å²) in [5.74, 6) is 2.02. The number of hydrogen-bond acceptors (Lipinski definition) is 5. The van der Waals surface area contributed by atoms with E-state index in [1.807, 2.05) is 19.9 Å². The lowest BCUT2D eigenvalue weighted by molar-refractivity contribution is 0.246. The summed E-state index contributed by atoms with van der Waals surface area (Å²) in [4.78, 5) is 4.35. The summed E-state index contributed by atoms with van der Waals surface area (Å²) in [5, 5.41) is 4.82. The molecule has 0 saturated heterocycles. The molecule has 1 aromatic carbocycles. The Morgan fingerprint density at radius 1 is 1.15 bits per heavy atom. The van der Waals surface area contributed by atoms with Crippen LogP contribution in [0.3, 0.4) is 0 Å². The SMILES string of the molecule is Cc1cc(CCCCCOc2c(Cl)cc(C3=NCC(C)O3)cc2Cl)on1. The Morgan fingerprint density at radius 2 is 1.92 bits per heavy atom. The first-order valence-electron chi connectivity index (χ1n) is 8.78. The lowest BCUT2D eigenvalue weighted by Gasteiger charge is -2.12. The predicted molar refractivity (Wildman–Crippen MR) is 103 cm³/mol. The fraction of sp³-hybridized carbons (Fsp3) is 0.474. The molecule has 0 N–H and O–H groups in total. The Hall–Kier alpha value is -1.72. The molecular formula is C19H22Cl2N2O3.